The molecule has 0 bridgehead atoms. The second-order valence-electron chi connectivity index (χ2n) is 7.26. The summed E-state index contributed by atoms with van der Waals surface area (Å²) in [5.41, 5.74) is 1.82. The van der Waals surface area contributed by atoms with E-state index in [0.29, 0.717) is 5.58 Å². The van der Waals surface area contributed by atoms with Gasteiger partial charge in [0.25, 0.3) is 0 Å². The van der Waals surface area contributed by atoms with Gasteiger partial charge in [-0.25, -0.2) is 4.79 Å². The van der Waals surface area contributed by atoms with Crippen LogP contribution in [0.15, 0.2) is 45.6 Å². The quantitative estimate of drug-likeness (QED) is 0.391. The molecule has 3 aromatic rings. The fourth-order valence-electron chi connectivity index (χ4n) is 3.44. The van der Waals surface area contributed by atoms with Crippen molar-refractivity contribution in [3.05, 3.63) is 52.4 Å². The van der Waals surface area contributed by atoms with Crippen LogP contribution < -0.4 is 10.8 Å². The standard InChI is InChI=1S/C20H24O2Si/c1-5-6-9-14-12-13-16-15-10-7-8-11-17(15)22-20(21)18(16)19(14)23(2,3)4/h7-8,10-13H,5-6,9H2,1-4H3. The van der Waals surface area contributed by atoms with Gasteiger partial charge in [-0.3, -0.25) is 0 Å². The molecule has 0 aliphatic heterocycles. The smallest absolute Gasteiger partial charge is 0.344 e. The topological polar surface area (TPSA) is 30.2 Å². The zero-order chi connectivity index (χ0) is 16.6. The van der Waals surface area contributed by atoms with Crippen LogP contribution in [0.3, 0.4) is 0 Å². The molecule has 0 spiro atoms. The van der Waals surface area contributed by atoms with E-state index < -0.39 is 8.07 Å². The van der Waals surface area contributed by atoms with Crippen molar-refractivity contribution in [2.45, 2.75) is 45.8 Å². The van der Waals surface area contributed by atoms with Crippen LogP contribution in [0, 0.1) is 0 Å². The monoisotopic (exact) mass is 324 g/mol. The van der Waals surface area contributed by atoms with Gasteiger partial charge in [0.05, 0.1) is 13.5 Å². The van der Waals surface area contributed by atoms with E-state index in [2.05, 4.69) is 38.7 Å². The summed E-state index contributed by atoms with van der Waals surface area (Å²) >= 11 is 0. The van der Waals surface area contributed by atoms with E-state index in [1.165, 1.54) is 10.8 Å². The average molecular weight is 324 g/mol. The minimum Gasteiger partial charge on any atom is -0.422 e. The van der Waals surface area contributed by atoms with E-state index in [1.54, 1.807) is 0 Å². The largest absolute Gasteiger partial charge is 0.422 e. The van der Waals surface area contributed by atoms with Gasteiger partial charge < -0.3 is 4.42 Å². The second kappa shape index (κ2) is 5.97. The second-order valence-corrected chi connectivity index (χ2v) is 12.3. The van der Waals surface area contributed by atoms with E-state index in [1.807, 2.05) is 24.3 Å². The van der Waals surface area contributed by atoms with Gasteiger partial charge in [-0.2, -0.15) is 0 Å². The molecule has 120 valence electrons. The van der Waals surface area contributed by atoms with Crippen LogP contribution in [-0.2, 0) is 6.42 Å². The van der Waals surface area contributed by atoms with Crippen molar-refractivity contribution >= 4 is 35.0 Å². The zero-order valence-corrected chi connectivity index (χ0v) is 15.4. The Kier molecular flexibility index (Phi) is 4.15. The van der Waals surface area contributed by atoms with Gasteiger partial charge in [-0.05, 0) is 35.0 Å². The molecule has 3 heteroatoms. The Morgan fingerprint density at radius 1 is 1.00 bits per heavy atom. The van der Waals surface area contributed by atoms with Gasteiger partial charge in [0.15, 0.2) is 0 Å². The number of hydrogen-bond donors (Lipinski definition) is 0. The molecular weight excluding hydrogens is 300 g/mol. The third-order valence-electron chi connectivity index (χ3n) is 4.43. The summed E-state index contributed by atoms with van der Waals surface area (Å²) in [4.78, 5) is 12.7. The Morgan fingerprint density at radius 3 is 2.43 bits per heavy atom. The zero-order valence-electron chi connectivity index (χ0n) is 14.4. The Labute approximate surface area is 138 Å². The number of benzene rings is 2. The lowest BCUT2D eigenvalue weighted by molar-refractivity contribution is 0.570. The highest BCUT2D eigenvalue weighted by Gasteiger charge is 2.25. The van der Waals surface area contributed by atoms with Crippen LogP contribution >= 0.6 is 0 Å². The van der Waals surface area contributed by atoms with Crippen LogP contribution in [0.4, 0.5) is 0 Å². The number of unbranched alkanes of at least 4 members (excludes halogenated alkanes) is 1. The normalized spacial score (nSPS) is 12.2. The molecular formula is C20H24O2Si. The molecule has 23 heavy (non-hydrogen) atoms. The third kappa shape index (κ3) is 2.86. The Bertz CT molecular complexity index is 916. The average Bonchev–Trinajstić information content (AvgIpc) is 2.51. The van der Waals surface area contributed by atoms with Crippen molar-refractivity contribution in [2.24, 2.45) is 0 Å². The van der Waals surface area contributed by atoms with Crippen molar-refractivity contribution in [2.75, 3.05) is 0 Å². The predicted molar refractivity (Wildman–Crippen MR) is 102 cm³/mol. The van der Waals surface area contributed by atoms with Crippen molar-refractivity contribution in [1.29, 1.82) is 0 Å². The minimum atomic E-state index is -1.67. The summed E-state index contributed by atoms with van der Waals surface area (Å²) in [7, 11) is -1.67. The summed E-state index contributed by atoms with van der Waals surface area (Å²) in [6, 6.07) is 12.2. The van der Waals surface area contributed by atoms with E-state index in [0.717, 1.165) is 35.4 Å². The maximum Gasteiger partial charge on any atom is 0.344 e. The SMILES string of the molecule is CCCCc1ccc2c(c1[Si](C)(C)C)c(=O)oc1ccccc12. The summed E-state index contributed by atoms with van der Waals surface area (Å²) in [5, 5.41) is 4.16. The van der Waals surface area contributed by atoms with Crippen LogP contribution in [0.5, 0.6) is 0 Å². The molecule has 3 rings (SSSR count). The van der Waals surface area contributed by atoms with Crippen LogP contribution in [0.1, 0.15) is 25.3 Å². The Morgan fingerprint density at radius 2 is 1.74 bits per heavy atom. The molecule has 0 aliphatic rings. The molecule has 0 aliphatic carbocycles. The lowest BCUT2D eigenvalue weighted by Crippen LogP contribution is -2.42. The van der Waals surface area contributed by atoms with Crippen molar-refractivity contribution in [3.8, 4) is 0 Å². The molecule has 0 unspecified atom stereocenters. The summed E-state index contributed by atoms with van der Waals surface area (Å²) < 4.78 is 5.64. The fourth-order valence-corrected chi connectivity index (χ4v) is 5.60. The lowest BCUT2D eigenvalue weighted by atomic mass is 10.0. The molecule has 0 radical (unpaired) electrons. The molecule has 0 N–H and O–H groups in total. The van der Waals surface area contributed by atoms with E-state index in [-0.39, 0.29) is 5.63 Å². The summed E-state index contributed by atoms with van der Waals surface area (Å²) in [6.07, 6.45) is 3.36. The van der Waals surface area contributed by atoms with Gasteiger partial charge in [0, 0.05) is 5.39 Å². The maximum atomic E-state index is 12.7. The fraction of sp³-hybridized carbons (Fsp3) is 0.350. The first-order chi connectivity index (χ1) is 10.9. The first-order valence-electron chi connectivity index (χ1n) is 8.41. The highest BCUT2D eigenvalue weighted by Crippen LogP contribution is 2.25. The minimum absolute atomic E-state index is 0.186. The highest BCUT2D eigenvalue weighted by atomic mass is 28.3. The predicted octanol–water partition coefficient (Wildman–Crippen LogP) is 4.83. The van der Waals surface area contributed by atoms with Gasteiger partial charge in [0.1, 0.15) is 5.58 Å². The molecule has 1 aromatic heterocycles. The number of aryl methyl sites for hydroxylation is 1. The van der Waals surface area contributed by atoms with Crippen molar-refractivity contribution in [1.82, 2.24) is 0 Å². The molecule has 2 aromatic carbocycles. The number of fused-ring (bicyclic) bond motifs is 3. The number of hydrogen-bond acceptors (Lipinski definition) is 2. The van der Waals surface area contributed by atoms with Crippen LogP contribution in [-0.4, -0.2) is 8.07 Å². The van der Waals surface area contributed by atoms with Crippen molar-refractivity contribution < 1.29 is 4.42 Å². The van der Waals surface area contributed by atoms with Gasteiger partial charge >= 0.3 is 5.63 Å². The molecule has 0 atom stereocenters. The number of rotatable bonds is 4. The highest BCUT2D eigenvalue weighted by molar-refractivity contribution is 6.90. The first kappa shape index (κ1) is 16.0. The number of para-hydroxylation sites is 1. The molecule has 0 amide bonds. The first-order valence-corrected chi connectivity index (χ1v) is 11.9. The molecule has 0 saturated heterocycles. The Balaban J connectivity index is 2.45. The van der Waals surface area contributed by atoms with Gasteiger partial charge in [-0.15, -0.1) is 0 Å². The summed E-state index contributed by atoms with van der Waals surface area (Å²) in [6.45, 7) is 9.14. The maximum absolute atomic E-state index is 12.7. The lowest BCUT2D eigenvalue weighted by Gasteiger charge is -2.23. The van der Waals surface area contributed by atoms with Gasteiger partial charge in [0.2, 0.25) is 0 Å². The molecule has 0 saturated carbocycles. The van der Waals surface area contributed by atoms with Crippen molar-refractivity contribution in [3.63, 3.8) is 0 Å². The summed E-state index contributed by atoms with van der Waals surface area (Å²) in [5.74, 6) is 0. The van der Waals surface area contributed by atoms with E-state index >= 15 is 0 Å². The molecule has 0 fully saturated rings. The molecule has 1 heterocycles. The molecule has 2 nitrogen and oxygen atoms in total. The van der Waals surface area contributed by atoms with Gasteiger partial charge in [-0.1, -0.05) is 63.3 Å². The van der Waals surface area contributed by atoms with E-state index in [9.17, 15) is 4.79 Å². The van der Waals surface area contributed by atoms with E-state index in [4.69, 9.17) is 4.42 Å². The van der Waals surface area contributed by atoms with Crippen LogP contribution in [0.25, 0.3) is 21.7 Å². The Hall–Kier alpha value is -1.87. The van der Waals surface area contributed by atoms with Crippen LogP contribution in [0.2, 0.25) is 19.6 Å². The third-order valence-corrected chi connectivity index (χ3v) is 6.50.